The standard InChI is InChI=1S/C16H18N4/c1-2-20-16-13(10-18-20)15(17-9-11-7-8-11)12-5-3-4-6-14(12)19-16/h3-6,10-11H,2,7-9H2,1H3,(H,17,19). The van der Waals surface area contributed by atoms with E-state index in [4.69, 9.17) is 4.98 Å². The van der Waals surface area contributed by atoms with Crippen LogP contribution < -0.4 is 5.32 Å². The molecule has 1 fully saturated rings. The Morgan fingerprint density at radius 3 is 2.90 bits per heavy atom. The zero-order valence-corrected chi connectivity index (χ0v) is 11.6. The van der Waals surface area contributed by atoms with Crippen molar-refractivity contribution < 1.29 is 0 Å². The van der Waals surface area contributed by atoms with Crippen molar-refractivity contribution >= 4 is 27.6 Å². The lowest BCUT2D eigenvalue weighted by Crippen LogP contribution is -2.05. The molecule has 1 aromatic carbocycles. The minimum Gasteiger partial charge on any atom is -0.384 e. The largest absolute Gasteiger partial charge is 0.384 e. The van der Waals surface area contributed by atoms with Gasteiger partial charge in [0.2, 0.25) is 0 Å². The van der Waals surface area contributed by atoms with Crippen molar-refractivity contribution in [3.63, 3.8) is 0 Å². The second kappa shape index (κ2) is 4.47. The molecule has 20 heavy (non-hydrogen) atoms. The molecule has 1 aliphatic carbocycles. The van der Waals surface area contributed by atoms with E-state index in [1.807, 2.05) is 16.9 Å². The molecule has 1 N–H and O–H groups in total. The zero-order valence-electron chi connectivity index (χ0n) is 11.6. The van der Waals surface area contributed by atoms with E-state index < -0.39 is 0 Å². The summed E-state index contributed by atoms with van der Waals surface area (Å²) < 4.78 is 1.96. The highest BCUT2D eigenvalue weighted by Gasteiger charge is 2.22. The van der Waals surface area contributed by atoms with Crippen molar-refractivity contribution in [3.8, 4) is 0 Å². The number of hydrogen-bond donors (Lipinski definition) is 1. The maximum atomic E-state index is 4.77. The van der Waals surface area contributed by atoms with Gasteiger partial charge in [0.25, 0.3) is 0 Å². The minimum absolute atomic E-state index is 0.844. The van der Waals surface area contributed by atoms with Gasteiger partial charge in [-0.3, -0.25) is 0 Å². The van der Waals surface area contributed by atoms with Crippen molar-refractivity contribution in [2.75, 3.05) is 11.9 Å². The number of rotatable bonds is 4. The molecule has 4 rings (SSSR count). The quantitative estimate of drug-likeness (QED) is 0.786. The van der Waals surface area contributed by atoms with Gasteiger partial charge in [-0.05, 0) is 31.7 Å². The van der Waals surface area contributed by atoms with E-state index in [0.29, 0.717) is 0 Å². The average Bonchev–Trinajstić information content (AvgIpc) is 3.22. The number of nitrogens with zero attached hydrogens (tertiary/aromatic N) is 3. The maximum Gasteiger partial charge on any atom is 0.160 e. The normalized spacial score (nSPS) is 15.1. The fourth-order valence-corrected chi connectivity index (χ4v) is 2.71. The monoisotopic (exact) mass is 266 g/mol. The lowest BCUT2D eigenvalue weighted by atomic mass is 10.1. The number of benzene rings is 1. The van der Waals surface area contributed by atoms with E-state index in [9.17, 15) is 0 Å². The molecule has 0 bridgehead atoms. The molecular formula is C16H18N4. The lowest BCUT2D eigenvalue weighted by Gasteiger charge is -2.11. The Balaban J connectivity index is 1.94. The Morgan fingerprint density at radius 1 is 1.25 bits per heavy atom. The van der Waals surface area contributed by atoms with E-state index in [0.717, 1.165) is 35.6 Å². The van der Waals surface area contributed by atoms with Gasteiger partial charge in [0.15, 0.2) is 5.65 Å². The van der Waals surface area contributed by atoms with E-state index in [1.54, 1.807) is 0 Å². The molecule has 102 valence electrons. The zero-order chi connectivity index (χ0) is 13.5. The number of para-hydroxylation sites is 1. The van der Waals surface area contributed by atoms with Crippen LogP contribution in [0.3, 0.4) is 0 Å². The first kappa shape index (κ1) is 11.7. The molecule has 0 amide bonds. The number of hydrogen-bond acceptors (Lipinski definition) is 3. The van der Waals surface area contributed by atoms with Crippen LogP contribution in [0.2, 0.25) is 0 Å². The second-order valence-corrected chi connectivity index (χ2v) is 5.53. The summed E-state index contributed by atoms with van der Waals surface area (Å²) in [6, 6.07) is 8.32. The van der Waals surface area contributed by atoms with Crippen LogP contribution in [-0.2, 0) is 6.54 Å². The Bertz CT molecular complexity index is 771. The molecule has 2 heterocycles. The minimum atomic E-state index is 0.844. The molecule has 0 atom stereocenters. The molecule has 0 saturated heterocycles. The molecule has 1 aliphatic rings. The highest BCUT2D eigenvalue weighted by atomic mass is 15.3. The lowest BCUT2D eigenvalue weighted by molar-refractivity contribution is 0.677. The fourth-order valence-electron chi connectivity index (χ4n) is 2.71. The van der Waals surface area contributed by atoms with Crippen LogP contribution >= 0.6 is 0 Å². The number of anilines is 1. The molecule has 0 unspecified atom stereocenters. The Hall–Kier alpha value is -2.10. The van der Waals surface area contributed by atoms with Gasteiger partial charge in [-0.25, -0.2) is 9.67 Å². The molecule has 2 aromatic heterocycles. The van der Waals surface area contributed by atoms with Crippen LogP contribution in [-0.4, -0.2) is 21.3 Å². The molecule has 0 aliphatic heterocycles. The third kappa shape index (κ3) is 1.83. The third-order valence-electron chi connectivity index (χ3n) is 4.04. The first-order valence-electron chi connectivity index (χ1n) is 7.35. The van der Waals surface area contributed by atoms with Gasteiger partial charge in [0, 0.05) is 18.5 Å². The summed E-state index contributed by atoms with van der Waals surface area (Å²) in [4.78, 5) is 4.77. The number of aromatic nitrogens is 3. The molecule has 4 heteroatoms. The summed E-state index contributed by atoms with van der Waals surface area (Å²) in [6.07, 6.45) is 4.65. The summed E-state index contributed by atoms with van der Waals surface area (Å²) in [5.41, 5.74) is 3.20. The van der Waals surface area contributed by atoms with Crippen molar-refractivity contribution in [1.82, 2.24) is 14.8 Å². The maximum absolute atomic E-state index is 4.77. The van der Waals surface area contributed by atoms with Gasteiger partial charge in [-0.2, -0.15) is 5.10 Å². The topological polar surface area (TPSA) is 42.7 Å². The summed E-state index contributed by atoms with van der Waals surface area (Å²) >= 11 is 0. The molecule has 0 radical (unpaired) electrons. The van der Waals surface area contributed by atoms with Crippen LogP contribution in [0.25, 0.3) is 21.9 Å². The van der Waals surface area contributed by atoms with Crippen LogP contribution in [0.1, 0.15) is 19.8 Å². The SMILES string of the molecule is CCn1ncc2c(NCC3CC3)c3ccccc3nc21. The highest BCUT2D eigenvalue weighted by molar-refractivity contribution is 6.06. The predicted molar refractivity (Wildman–Crippen MR) is 81.9 cm³/mol. The van der Waals surface area contributed by atoms with E-state index in [2.05, 4.69) is 35.5 Å². The first-order chi connectivity index (χ1) is 9.86. The smallest absolute Gasteiger partial charge is 0.160 e. The number of nitrogens with one attached hydrogen (secondary N) is 1. The predicted octanol–water partition coefficient (Wildman–Crippen LogP) is 3.43. The van der Waals surface area contributed by atoms with Crippen molar-refractivity contribution in [3.05, 3.63) is 30.5 Å². The number of aryl methyl sites for hydroxylation is 1. The van der Waals surface area contributed by atoms with Crippen molar-refractivity contribution in [1.29, 1.82) is 0 Å². The molecule has 3 aromatic rings. The van der Waals surface area contributed by atoms with Crippen LogP contribution in [0, 0.1) is 5.92 Å². The Kier molecular flexibility index (Phi) is 2.62. The van der Waals surface area contributed by atoms with Crippen LogP contribution in [0.5, 0.6) is 0 Å². The molecule has 4 nitrogen and oxygen atoms in total. The molecular weight excluding hydrogens is 248 g/mol. The summed E-state index contributed by atoms with van der Waals surface area (Å²) in [5.74, 6) is 0.846. The van der Waals surface area contributed by atoms with Crippen LogP contribution in [0.15, 0.2) is 30.5 Å². The second-order valence-electron chi connectivity index (χ2n) is 5.53. The van der Waals surface area contributed by atoms with Gasteiger partial charge in [-0.15, -0.1) is 0 Å². The first-order valence-corrected chi connectivity index (χ1v) is 7.35. The molecule has 0 spiro atoms. The number of fused-ring (bicyclic) bond motifs is 2. The molecule has 1 saturated carbocycles. The summed E-state index contributed by atoms with van der Waals surface area (Å²) in [6.45, 7) is 4.00. The third-order valence-corrected chi connectivity index (χ3v) is 4.04. The van der Waals surface area contributed by atoms with Gasteiger partial charge >= 0.3 is 0 Å². The van der Waals surface area contributed by atoms with Gasteiger partial charge in [0.05, 0.1) is 22.8 Å². The van der Waals surface area contributed by atoms with Gasteiger partial charge in [0.1, 0.15) is 0 Å². The Labute approximate surface area is 117 Å². The highest BCUT2D eigenvalue weighted by Crippen LogP contribution is 2.33. The van der Waals surface area contributed by atoms with E-state index >= 15 is 0 Å². The van der Waals surface area contributed by atoms with Gasteiger partial charge < -0.3 is 5.32 Å². The fraction of sp³-hybridized carbons (Fsp3) is 0.375. The average molecular weight is 266 g/mol. The number of pyridine rings is 1. The van der Waals surface area contributed by atoms with E-state index in [1.165, 1.54) is 23.9 Å². The van der Waals surface area contributed by atoms with Crippen LogP contribution in [0.4, 0.5) is 5.69 Å². The summed E-state index contributed by atoms with van der Waals surface area (Å²) in [7, 11) is 0. The Morgan fingerprint density at radius 2 is 2.10 bits per heavy atom. The summed E-state index contributed by atoms with van der Waals surface area (Å²) in [5, 5.41) is 10.4. The van der Waals surface area contributed by atoms with Gasteiger partial charge in [-0.1, -0.05) is 18.2 Å². The van der Waals surface area contributed by atoms with Crippen molar-refractivity contribution in [2.45, 2.75) is 26.3 Å². The van der Waals surface area contributed by atoms with Crippen molar-refractivity contribution in [2.24, 2.45) is 5.92 Å². The van der Waals surface area contributed by atoms with E-state index in [-0.39, 0.29) is 0 Å².